The standard InChI is InChI=1S/C17H14ClN5O3S/c1-2-16-20-21-17(27)22(16)19-10-11-7-8-15(13(9-11)23(24)25)26-14-6-4-3-5-12(14)18/h3-10H,2H2,1H3,(H,21,27)/b19-10+. The minimum Gasteiger partial charge on any atom is -0.449 e. The van der Waals surface area contributed by atoms with Gasteiger partial charge in [0.05, 0.1) is 16.2 Å². The molecule has 0 atom stereocenters. The molecule has 2 aromatic carbocycles. The van der Waals surface area contributed by atoms with E-state index in [-0.39, 0.29) is 11.4 Å². The minimum absolute atomic E-state index is 0.0828. The van der Waals surface area contributed by atoms with Crippen molar-refractivity contribution in [2.75, 3.05) is 0 Å². The lowest BCUT2D eigenvalue weighted by Crippen LogP contribution is -1.98. The van der Waals surface area contributed by atoms with Gasteiger partial charge in [-0.2, -0.15) is 14.9 Å². The topological polar surface area (TPSA) is 98.3 Å². The Morgan fingerprint density at radius 3 is 2.85 bits per heavy atom. The third-order valence-corrected chi connectivity index (χ3v) is 4.17. The average molecular weight is 404 g/mol. The number of H-pyrrole nitrogens is 1. The van der Waals surface area contributed by atoms with Crippen molar-refractivity contribution < 1.29 is 9.66 Å². The molecule has 0 amide bonds. The van der Waals surface area contributed by atoms with E-state index in [1.54, 1.807) is 30.3 Å². The van der Waals surface area contributed by atoms with Crippen molar-refractivity contribution in [2.24, 2.45) is 5.10 Å². The highest BCUT2D eigenvalue weighted by atomic mass is 35.5. The molecule has 138 valence electrons. The zero-order valence-electron chi connectivity index (χ0n) is 14.1. The Labute approximate surface area is 164 Å². The van der Waals surface area contributed by atoms with Crippen molar-refractivity contribution in [1.29, 1.82) is 0 Å². The van der Waals surface area contributed by atoms with Crippen LogP contribution in [0.2, 0.25) is 5.02 Å². The summed E-state index contributed by atoms with van der Waals surface area (Å²) in [5.74, 6) is 1.07. The van der Waals surface area contributed by atoms with E-state index >= 15 is 0 Å². The average Bonchev–Trinajstić information content (AvgIpc) is 3.02. The first kappa shape index (κ1) is 18.7. The van der Waals surface area contributed by atoms with Gasteiger partial charge in [-0.25, -0.2) is 0 Å². The van der Waals surface area contributed by atoms with Crippen LogP contribution in [0.1, 0.15) is 18.3 Å². The van der Waals surface area contributed by atoms with Gasteiger partial charge in [0.15, 0.2) is 5.82 Å². The number of para-hydroxylation sites is 1. The Hall–Kier alpha value is -3.04. The van der Waals surface area contributed by atoms with E-state index in [0.717, 1.165) is 0 Å². The summed E-state index contributed by atoms with van der Waals surface area (Å²) in [5.41, 5.74) is 0.309. The maximum atomic E-state index is 11.4. The van der Waals surface area contributed by atoms with E-state index in [2.05, 4.69) is 15.3 Å². The van der Waals surface area contributed by atoms with Crippen molar-refractivity contribution >= 4 is 35.7 Å². The van der Waals surface area contributed by atoms with Crippen molar-refractivity contribution in [3.05, 3.63) is 73.8 Å². The molecular weight excluding hydrogens is 390 g/mol. The van der Waals surface area contributed by atoms with Crippen LogP contribution in [0.25, 0.3) is 0 Å². The minimum atomic E-state index is -0.523. The van der Waals surface area contributed by atoms with Crippen LogP contribution in [0, 0.1) is 14.9 Å². The van der Waals surface area contributed by atoms with Crippen LogP contribution < -0.4 is 4.74 Å². The van der Waals surface area contributed by atoms with Gasteiger partial charge in [0, 0.05) is 18.1 Å². The van der Waals surface area contributed by atoms with Crippen LogP contribution in [0.3, 0.4) is 0 Å². The van der Waals surface area contributed by atoms with Crippen LogP contribution in [-0.4, -0.2) is 26.0 Å². The normalized spacial score (nSPS) is 11.0. The van der Waals surface area contributed by atoms with Crippen LogP contribution >= 0.6 is 23.8 Å². The molecule has 10 heteroatoms. The number of aryl methyl sites for hydroxylation is 1. The quantitative estimate of drug-likeness (QED) is 0.277. The number of nitro benzene ring substituents is 1. The first-order chi connectivity index (χ1) is 13.0. The fourth-order valence-corrected chi connectivity index (χ4v) is 2.66. The predicted molar refractivity (Wildman–Crippen MR) is 104 cm³/mol. The number of aromatic amines is 1. The molecule has 0 fully saturated rings. The molecule has 8 nitrogen and oxygen atoms in total. The van der Waals surface area contributed by atoms with E-state index < -0.39 is 4.92 Å². The van der Waals surface area contributed by atoms with Crippen LogP contribution in [0.4, 0.5) is 5.69 Å². The number of ether oxygens (including phenoxy) is 1. The number of rotatable bonds is 6. The summed E-state index contributed by atoms with van der Waals surface area (Å²) in [5, 5.41) is 22.8. The Morgan fingerprint density at radius 1 is 1.37 bits per heavy atom. The van der Waals surface area contributed by atoms with Crippen molar-refractivity contribution in [3.63, 3.8) is 0 Å². The van der Waals surface area contributed by atoms with Crippen LogP contribution in [0.5, 0.6) is 11.5 Å². The molecule has 1 heterocycles. The highest BCUT2D eigenvalue weighted by Gasteiger charge is 2.17. The van der Waals surface area contributed by atoms with Gasteiger partial charge >= 0.3 is 5.69 Å². The molecule has 0 radical (unpaired) electrons. The highest BCUT2D eigenvalue weighted by molar-refractivity contribution is 7.71. The van der Waals surface area contributed by atoms with Crippen molar-refractivity contribution in [3.8, 4) is 11.5 Å². The molecule has 3 rings (SSSR count). The summed E-state index contributed by atoms with van der Waals surface area (Å²) < 4.78 is 7.42. The Kier molecular flexibility index (Phi) is 5.63. The number of aromatic nitrogens is 3. The number of benzene rings is 2. The second-order valence-corrected chi connectivity index (χ2v) is 6.17. The summed E-state index contributed by atoms with van der Waals surface area (Å²) in [6.45, 7) is 1.92. The summed E-state index contributed by atoms with van der Waals surface area (Å²) >= 11 is 11.2. The number of nitro groups is 1. The number of halogens is 1. The van der Waals surface area contributed by atoms with E-state index in [1.807, 2.05) is 6.92 Å². The molecule has 0 saturated carbocycles. The lowest BCUT2D eigenvalue weighted by atomic mass is 10.2. The molecule has 1 N–H and O–H groups in total. The van der Waals surface area contributed by atoms with E-state index in [4.69, 9.17) is 28.6 Å². The maximum Gasteiger partial charge on any atom is 0.312 e. The number of nitrogens with one attached hydrogen (secondary N) is 1. The third kappa shape index (κ3) is 4.21. The van der Waals surface area contributed by atoms with Gasteiger partial charge in [0.2, 0.25) is 10.5 Å². The lowest BCUT2D eigenvalue weighted by Gasteiger charge is -2.08. The van der Waals surface area contributed by atoms with Gasteiger partial charge in [-0.15, -0.1) is 0 Å². The molecule has 0 aliphatic rings. The second kappa shape index (κ2) is 8.11. The molecule has 1 aromatic heterocycles. The van der Waals surface area contributed by atoms with E-state index in [9.17, 15) is 10.1 Å². The van der Waals surface area contributed by atoms with Gasteiger partial charge in [0.1, 0.15) is 5.75 Å². The SMILES string of the molecule is CCc1n[nH]c(=S)n1/N=C/c1ccc(Oc2ccccc2Cl)c([N+](=O)[O-])c1. The number of nitrogens with zero attached hydrogens (tertiary/aromatic N) is 4. The fourth-order valence-electron chi connectivity index (χ4n) is 2.29. The zero-order chi connectivity index (χ0) is 19.4. The molecule has 27 heavy (non-hydrogen) atoms. The van der Waals surface area contributed by atoms with Crippen molar-refractivity contribution in [2.45, 2.75) is 13.3 Å². The molecule has 0 aliphatic carbocycles. The molecule has 0 spiro atoms. The molecular formula is C17H14ClN5O3S. The summed E-state index contributed by atoms with van der Waals surface area (Å²) in [4.78, 5) is 10.9. The van der Waals surface area contributed by atoms with Gasteiger partial charge in [-0.3, -0.25) is 15.2 Å². The zero-order valence-corrected chi connectivity index (χ0v) is 15.7. The number of hydrogen-bond donors (Lipinski definition) is 1. The van der Waals surface area contributed by atoms with Gasteiger partial charge in [-0.05, 0) is 36.5 Å². The third-order valence-electron chi connectivity index (χ3n) is 3.59. The van der Waals surface area contributed by atoms with Gasteiger partial charge in [-0.1, -0.05) is 30.7 Å². The van der Waals surface area contributed by atoms with Crippen LogP contribution in [0.15, 0.2) is 47.6 Å². The monoisotopic (exact) mass is 403 g/mol. The second-order valence-electron chi connectivity index (χ2n) is 5.37. The van der Waals surface area contributed by atoms with E-state index in [0.29, 0.717) is 33.4 Å². The smallest absolute Gasteiger partial charge is 0.312 e. The van der Waals surface area contributed by atoms with Gasteiger partial charge < -0.3 is 4.74 Å². The lowest BCUT2D eigenvalue weighted by molar-refractivity contribution is -0.385. The molecule has 3 aromatic rings. The first-order valence-electron chi connectivity index (χ1n) is 7.91. The Morgan fingerprint density at radius 2 is 2.15 bits per heavy atom. The fraction of sp³-hybridized carbons (Fsp3) is 0.118. The Bertz CT molecular complexity index is 1080. The Balaban J connectivity index is 1.93. The number of hydrogen-bond acceptors (Lipinski definition) is 6. The highest BCUT2D eigenvalue weighted by Crippen LogP contribution is 2.35. The van der Waals surface area contributed by atoms with E-state index in [1.165, 1.54) is 23.0 Å². The summed E-state index contributed by atoms with van der Waals surface area (Å²) in [6, 6.07) is 11.3. The van der Waals surface area contributed by atoms with Gasteiger partial charge in [0.25, 0.3) is 0 Å². The first-order valence-corrected chi connectivity index (χ1v) is 8.69. The molecule has 0 bridgehead atoms. The maximum absolute atomic E-state index is 11.4. The van der Waals surface area contributed by atoms with Crippen LogP contribution in [-0.2, 0) is 6.42 Å². The van der Waals surface area contributed by atoms with Crippen molar-refractivity contribution in [1.82, 2.24) is 14.9 Å². The summed E-state index contributed by atoms with van der Waals surface area (Å²) in [6.07, 6.45) is 2.10. The molecule has 0 aliphatic heterocycles. The molecule has 0 saturated heterocycles. The summed E-state index contributed by atoms with van der Waals surface area (Å²) in [7, 11) is 0. The largest absolute Gasteiger partial charge is 0.449 e. The molecule has 0 unspecified atom stereocenters. The predicted octanol–water partition coefficient (Wildman–Crippen LogP) is 4.74.